The Kier molecular flexibility index (Phi) is 2.67. The van der Waals surface area contributed by atoms with E-state index in [1.165, 1.54) is 6.07 Å². The average molecular weight is 239 g/mol. The van der Waals surface area contributed by atoms with Gasteiger partial charge in [0.2, 0.25) is 0 Å². The van der Waals surface area contributed by atoms with E-state index in [1.54, 1.807) is 0 Å². The largest absolute Gasteiger partial charge is 0.512 e. The average Bonchev–Trinajstić information content (AvgIpc) is 2.34. The second-order valence-corrected chi connectivity index (χ2v) is 5.21. The third-order valence-electron chi connectivity index (χ3n) is 3.34. The number of hydrogen-bond acceptors (Lipinski definition) is 3. The SMILES string of the molecule is CC1(C)OB(c2cc(F)cc(=O)[nH]2)OC1(C)C. The molecule has 0 unspecified atom stereocenters. The highest BCUT2D eigenvalue weighted by Crippen LogP contribution is 2.36. The fourth-order valence-electron chi connectivity index (χ4n) is 1.63. The lowest BCUT2D eigenvalue weighted by Crippen LogP contribution is -2.41. The first-order chi connectivity index (χ1) is 7.71. The van der Waals surface area contributed by atoms with Gasteiger partial charge in [0.1, 0.15) is 5.82 Å². The predicted molar refractivity (Wildman–Crippen MR) is 62.7 cm³/mol. The van der Waals surface area contributed by atoms with Gasteiger partial charge in [-0.05, 0) is 33.8 Å². The molecule has 2 rings (SSSR count). The molecule has 1 aromatic rings. The van der Waals surface area contributed by atoms with Crippen LogP contribution in [0.1, 0.15) is 27.7 Å². The lowest BCUT2D eigenvalue weighted by molar-refractivity contribution is 0.00578. The molecule has 1 aromatic heterocycles. The summed E-state index contributed by atoms with van der Waals surface area (Å²) in [5.41, 5.74) is -1.23. The molecule has 1 N–H and O–H groups in total. The molecule has 1 aliphatic rings. The summed E-state index contributed by atoms with van der Waals surface area (Å²) >= 11 is 0. The van der Waals surface area contributed by atoms with Gasteiger partial charge in [-0.25, -0.2) is 4.39 Å². The molecule has 4 nitrogen and oxygen atoms in total. The molecule has 1 aliphatic heterocycles. The van der Waals surface area contributed by atoms with E-state index in [4.69, 9.17) is 9.31 Å². The molecule has 92 valence electrons. The summed E-state index contributed by atoms with van der Waals surface area (Å²) in [5, 5.41) is 0. The first-order valence-corrected chi connectivity index (χ1v) is 5.47. The van der Waals surface area contributed by atoms with E-state index >= 15 is 0 Å². The van der Waals surface area contributed by atoms with E-state index in [9.17, 15) is 9.18 Å². The molecule has 2 heterocycles. The second kappa shape index (κ2) is 3.68. The van der Waals surface area contributed by atoms with Gasteiger partial charge in [0.15, 0.2) is 0 Å². The van der Waals surface area contributed by atoms with E-state index in [0.717, 1.165) is 6.07 Å². The number of hydrogen-bond donors (Lipinski definition) is 1. The summed E-state index contributed by atoms with van der Waals surface area (Å²) in [6, 6.07) is 2.10. The van der Waals surface area contributed by atoms with Crippen molar-refractivity contribution in [2.24, 2.45) is 0 Å². The third kappa shape index (κ3) is 2.15. The number of aromatic amines is 1. The molecule has 1 saturated heterocycles. The van der Waals surface area contributed by atoms with Gasteiger partial charge in [0.25, 0.3) is 5.56 Å². The normalized spacial score (nSPS) is 21.8. The molecular formula is C11H15BFNO3. The Morgan fingerprint density at radius 2 is 1.71 bits per heavy atom. The van der Waals surface area contributed by atoms with Crippen LogP contribution in [-0.4, -0.2) is 23.3 Å². The second-order valence-electron chi connectivity index (χ2n) is 5.21. The number of rotatable bonds is 1. The van der Waals surface area contributed by atoms with Gasteiger partial charge in [-0.1, -0.05) is 0 Å². The van der Waals surface area contributed by atoms with Gasteiger partial charge in [-0.3, -0.25) is 4.79 Å². The zero-order valence-corrected chi connectivity index (χ0v) is 10.3. The Balaban J connectivity index is 2.35. The van der Waals surface area contributed by atoms with Crippen molar-refractivity contribution in [1.82, 2.24) is 4.98 Å². The van der Waals surface area contributed by atoms with Crippen molar-refractivity contribution in [3.63, 3.8) is 0 Å². The van der Waals surface area contributed by atoms with Crippen LogP contribution in [0.4, 0.5) is 4.39 Å². The summed E-state index contributed by atoms with van der Waals surface area (Å²) in [7, 11) is -0.747. The Morgan fingerprint density at radius 1 is 1.18 bits per heavy atom. The van der Waals surface area contributed by atoms with Gasteiger partial charge < -0.3 is 14.3 Å². The number of aromatic nitrogens is 1. The van der Waals surface area contributed by atoms with Crippen molar-refractivity contribution in [3.8, 4) is 0 Å². The summed E-state index contributed by atoms with van der Waals surface area (Å²) in [4.78, 5) is 13.7. The van der Waals surface area contributed by atoms with Gasteiger partial charge >= 0.3 is 7.12 Å². The molecule has 0 amide bonds. The highest BCUT2D eigenvalue weighted by molar-refractivity contribution is 6.61. The predicted octanol–water partition coefficient (Wildman–Crippen LogP) is 0.813. The van der Waals surface area contributed by atoms with Crippen molar-refractivity contribution in [2.45, 2.75) is 38.9 Å². The summed E-state index contributed by atoms with van der Waals surface area (Å²) < 4.78 is 24.5. The van der Waals surface area contributed by atoms with Gasteiger partial charge in [0, 0.05) is 6.07 Å². The molecule has 0 radical (unpaired) electrons. The zero-order valence-electron chi connectivity index (χ0n) is 10.3. The van der Waals surface area contributed by atoms with E-state index in [2.05, 4.69) is 4.98 Å². The van der Waals surface area contributed by atoms with Crippen LogP contribution in [0.2, 0.25) is 0 Å². The van der Waals surface area contributed by atoms with Crippen molar-refractivity contribution in [1.29, 1.82) is 0 Å². The molecule has 0 aromatic carbocycles. The summed E-state index contributed by atoms with van der Waals surface area (Å²) in [6.07, 6.45) is 0. The monoisotopic (exact) mass is 239 g/mol. The summed E-state index contributed by atoms with van der Waals surface area (Å²) in [5.74, 6) is -0.599. The van der Waals surface area contributed by atoms with Crippen LogP contribution in [0.15, 0.2) is 16.9 Å². The highest BCUT2D eigenvalue weighted by atomic mass is 19.1. The van der Waals surface area contributed by atoms with E-state index < -0.39 is 29.7 Å². The topological polar surface area (TPSA) is 51.3 Å². The van der Waals surface area contributed by atoms with Crippen molar-refractivity contribution in [3.05, 3.63) is 28.3 Å². The van der Waals surface area contributed by atoms with Crippen molar-refractivity contribution >= 4 is 12.7 Å². The lowest BCUT2D eigenvalue weighted by atomic mass is 9.84. The molecule has 0 saturated carbocycles. The standard InChI is InChI=1S/C11H15BFNO3/c1-10(2)11(3,4)17-12(16-10)8-5-7(13)6-9(15)14-8/h5-6H,1-4H3,(H,14,15). The maximum absolute atomic E-state index is 13.1. The van der Waals surface area contributed by atoms with Crippen molar-refractivity contribution < 1.29 is 13.7 Å². The fourth-order valence-corrected chi connectivity index (χ4v) is 1.63. The minimum absolute atomic E-state index is 0.300. The van der Waals surface area contributed by atoms with E-state index in [-0.39, 0.29) is 0 Å². The van der Waals surface area contributed by atoms with Gasteiger partial charge in [0.05, 0.1) is 16.8 Å². The Morgan fingerprint density at radius 3 is 2.18 bits per heavy atom. The Hall–Kier alpha value is -1.14. The Bertz CT molecular complexity index is 482. The van der Waals surface area contributed by atoms with E-state index in [1.807, 2.05) is 27.7 Å². The molecular weight excluding hydrogens is 224 g/mol. The highest BCUT2D eigenvalue weighted by Gasteiger charge is 2.52. The Labute approximate surface area is 99.3 Å². The van der Waals surface area contributed by atoms with Crippen LogP contribution < -0.4 is 11.2 Å². The summed E-state index contributed by atoms with van der Waals surface area (Å²) in [6.45, 7) is 7.57. The lowest BCUT2D eigenvalue weighted by Gasteiger charge is -2.32. The first kappa shape index (κ1) is 12.3. The molecule has 1 fully saturated rings. The zero-order chi connectivity index (χ0) is 12.8. The minimum Gasteiger partial charge on any atom is -0.398 e. The smallest absolute Gasteiger partial charge is 0.398 e. The number of pyridine rings is 1. The van der Waals surface area contributed by atoms with E-state index in [0.29, 0.717) is 5.59 Å². The van der Waals surface area contributed by atoms with Crippen LogP contribution in [-0.2, 0) is 9.31 Å². The minimum atomic E-state index is -0.747. The number of H-pyrrole nitrogens is 1. The third-order valence-corrected chi connectivity index (χ3v) is 3.34. The van der Waals surface area contributed by atoms with Crippen LogP contribution in [0, 0.1) is 5.82 Å². The number of nitrogens with one attached hydrogen (secondary N) is 1. The van der Waals surface area contributed by atoms with Gasteiger partial charge in [-0.15, -0.1) is 0 Å². The van der Waals surface area contributed by atoms with Crippen LogP contribution in [0.5, 0.6) is 0 Å². The number of halogens is 1. The maximum Gasteiger partial charge on any atom is 0.512 e. The van der Waals surface area contributed by atoms with Crippen molar-refractivity contribution in [2.75, 3.05) is 0 Å². The van der Waals surface area contributed by atoms with Gasteiger partial charge in [-0.2, -0.15) is 0 Å². The maximum atomic E-state index is 13.1. The van der Waals surface area contributed by atoms with Crippen LogP contribution in [0.3, 0.4) is 0 Å². The molecule has 17 heavy (non-hydrogen) atoms. The molecule has 0 bridgehead atoms. The molecule has 0 spiro atoms. The fraction of sp³-hybridized carbons (Fsp3) is 0.545. The van der Waals surface area contributed by atoms with Crippen LogP contribution in [0.25, 0.3) is 0 Å². The quantitative estimate of drug-likeness (QED) is 0.738. The van der Waals surface area contributed by atoms with Crippen LogP contribution >= 0.6 is 0 Å². The first-order valence-electron chi connectivity index (χ1n) is 5.47. The molecule has 6 heteroatoms. The molecule has 0 aliphatic carbocycles. The molecule has 0 atom stereocenters.